The van der Waals surface area contributed by atoms with E-state index in [0.29, 0.717) is 18.7 Å². The molecular weight excluding hydrogens is 340 g/mol. The largest absolute Gasteiger partial charge is 0.497 e. The van der Waals surface area contributed by atoms with E-state index in [9.17, 15) is 4.79 Å². The molecule has 0 radical (unpaired) electrons. The minimum atomic E-state index is -0.0499. The van der Waals surface area contributed by atoms with Gasteiger partial charge in [-0.2, -0.15) is 0 Å². The van der Waals surface area contributed by atoms with E-state index < -0.39 is 0 Å². The number of carbonyl (C=O) groups is 1. The van der Waals surface area contributed by atoms with Crippen LogP contribution in [0, 0.1) is 0 Å². The second kappa shape index (κ2) is 9.53. The molecule has 0 saturated carbocycles. The van der Waals surface area contributed by atoms with Gasteiger partial charge in [0.25, 0.3) is 5.91 Å². The number of carbonyl (C=O) groups excluding carboxylic acids is 1. The van der Waals surface area contributed by atoms with Crippen LogP contribution in [-0.2, 0) is 11.3 Å². The average molecular weight is 368 g/mol. The number of amides is 1. The Morgan fingerprint density at radius 2 is 1.85 bits per heavy atom. The zero-order valence-corrected chi connectivity index (χ0v) is 16.1. The predicted molar refractivity (Wildman–Crippen MR) is 106 cm³/mol. The monoisotopic (exact) mass is 368 g/mol. The Hall–Kier alpha value is -2.37. The summed E-state index contributed by atoms with van der Waals surface area (Å²) in [5.41, 5.74) is 2.90. The zero-order valence-electron chi connectivity index (χ0n) is 16.1. The number of hydrogen-bond donors (Lipinski definition) is 1. The summed E-state index contributed by atoms with van der Waals surface area (Å²) < 4.78 is 10.5. The second-order valence-electron chi connectivity index (χ2n) is 6.88. The molecule has 0 aliphatic carbocycles. The molecule has 1 unspecified atom stereocenters. The minimum absolute atomic E-state index is 0.0499. The van der Waals surface area contributed by atoms with Crippen LogP contribution in [0.15, 0.2) is 48.5 Å². The number of rotatable bonds is 8. The molecule has 5 heteroatoms. The Bertz CT molecular complexity index is 739. The van der Waals surface area contributed by atoms with Crippen LogP contribution in [0.4, 0.5) is 0 Å². The van der Waals surface area contributed by atoms with Gasteiger partial charge in [-0.25, -0.2) is 0 Å². The molecule has 2 aromatic carbocycles. The highest BCUT2D eigenvalue weighted by atomic mass is 16.5. The molecule has 1 fully saturated rings. The molecule has 0 spiro atoms. The van der Waals surface area contributed by atoms with Crippen LogP contribution in [0.2, 0.25) is 0 Å². The lowest BCUT2D eigenvalue weighted by Gasteiger charge is -2.28. The first-order valence-electron chi connectivity index (χ1n) is 9.45. The lowest BCUT2D eigenvalue weighted by Crippen LogP contribution is -2.36. The summed E-state index contributed by atoms with van der Waals surface area (Å²) in [6.07, 6.45) is 2.41. The van der Waals surface area contributed by atoms with Crippen LogP contribution >= 0.6 is 0 Å². The molecule has 1 heterocycles. The van der Waals surface area contributed by atoms with Crippen molar-refractivity contribution in [2.75, 3.05) is 33.9 Å². The van der Waals surface area contributed by atoms with E-state index in [1.54, 1.807) is 14.2 Å². The number of hydrogen-bond acceptors (Lipinski definition) is 4. The van der Waals surface area contributed by atoms with Crippen molar-refractivity contribution in [1.29, 1.82) is 0 Å². The lowest BCUT2D eigenvalue weighted by atomic mass is 10.0. The summed E-state index contributed by atoms with van der Waals surface area (Å²) in [6.45, 7) is 3.24. The minimum Gasteiger partial charge on any atom is -0.497 e. The average Bonchev–Trinajstić information content (AvgIpc) is 3.23. The molecular formula is C22H28N2O3. The van der Waals surface area contributed by atoms with Crippen molar-refractivity contribution in [3.63, 3.8) is 0 Å². The number of benzene rings is 2. The zero-order chi connectivity index (χ0) is 19.1. The molecule has 1 aliphatic rings. The van der Waals surface area contributed by atoms with Crippen LogP contribution in [0.3, 0.4) is 0 Å². The van der Waals surface area contributed by atoms with Crippen molar-refractivity contribution in [3.05, 3.63) is 65.2 Å². The van der Waals surface area contributed by atoms with Gasteiger partial charge in [-0.1, -0.05) is 24.3 Å². The van der Waals surface area contributed by atoms with Gasteiger partial charge in [-0.05, 0) is 61.3 Å². The third-order valence-electron chi connectivity index (χ3n) is 5.04. The summed E-state index contributed by atoms with van der Waals surface area (Å²) in [4.78, 5) is 15.0. The van der Waals surface area contributed by atoms with Crippen LogP contribution in [0.5, 0.6) is 5.75 Å². The summed E-state index contributed by atoms with van der Waals surface area (Å²) >= 11 is 0. The van der Waals surface area contributed by atoms with E-state index in [0.717, 1.165) is 24.4 Å². The maximum atomic E-state index is 12.6. The van der Waals surface area contributed by atoms with E-state index >= 15 is 0 Å². The maximum Gasteiger partial charge on any atom is 0.251 e. The van der Waals surface area contributed by atoms with E-state index in [1.807, 2.05) is 36.4 Å². The lowest BCUT2D eigenvalue weighted by molar-refractivity contribution is 0.0938. The number of likely N-dealkylation sites (tertiary alicyclic amines) is 1. The number of methoxy groups -OCH3 is 2. The number of nitrogens with one attached hydrogen (secondary N) is 1. The van der Waals surface area contributed by atoms with Gasteiger partial charge in [0.15, 0.2) is 0 Å². The molecule has 0 bridgehead atoms. The molecule has 2 aromatic rings. The van der Waals surface area contributed by atoms with Gasteiger partial charge in [-0.3, -0.25) is 9.69 Å². The first kappa shape index (κ1) is 19.4. The van der Waals surface area contributed by atoms with E-state index in [2.05, 4.69) is 22.3 Å². The highest BCUT2D eigenvalue weighted by Gasteiger charge is 2.24. The van der Waals surface area contributed by atoms with E-state index in [4.69, 9.17) is 9.47 Å². The fraction of sp³-hybridized carbons (Fsp3) is 0.409. The van der Waals surface area contributed by atoms with Crippen molar-refractivity contribution < 1.29 is 14.3 Å². The smallest absolute Gasteiger partial charge is 0.251 e. The summed E-state index contributed by atoms with van der Waals surface area (Å²) in [7, 11) is 3.34. The predicted octanol–water partition coefficient (Wildman–Crippen LogP) is 3.41. The Labute approximate surface area is 161 Å². The summed E-state index contributed by atoms with van der Waals surface area (Å²) in [5.74, 6) is 0.794. The normalized spacial score (nSPS) is 15.5. The SMILES string of the molecule is COCc1ccc(C(=O)NCC(c2cccc(OC)c2)N2CCCC2)cc1. The Balaban J connectivity index is 1.69. The molecule has 5 nitrogen and oxygen atoms in total. The molecule has 0 aromatic heterocycles. The molecule has 27 heavy (non-hydrogen) atoms. The quantitative estimate of drug-likeness (QED) is 0.776. The first-order chi connectivity index (χ1) is 13.2. The fourth-order valence-electron chi connectivity index (χ4n) is 3.57. The second-order valence-corrected chi connectivity index (χ2v) is 6.88. The molecule has 3 rings (SSSR count). The van der Waals surface area contributed by atoms with Crippen LogP contribution in [-0.4, -0.2) is 44.7 Å². The van der Waals surface area contributed by atoms with Gasteiger partial charge in [0, 0.05) is 19.2 Å². The van der Waals surface area contributed by atoms with Gasteiger partial charge in [0.2, 0.25) is 0 Å². The van der Waals surface area contributed by atoms with Crippen molar-refractivity contribution in [3.8, 4) is 5.75 Å². The fourth-order valence-corrected chi connectivity index (χ4v) is 3.57. The van der Waals surface area contributed by atoms with Gasteiger partial charge in [-0.15, -0.1) is 0 Å². The number of ether oxygens (including phenoxy) is 2. The third kappa shape index (κ3) is 5.08. The van der Waals surface area contributed by atoms with Gasteiger partial charge in [0.05, 0.1) is 19.8 Å². The van der Waals surface area contributed by atoms with E-state index in [1.165, 1.54) is 18.4 Å². The molecule has 1 N–H and O–H groups in total. The molecule has 1 saturated heterocycles. The van der Waals surface area contributed by atoms with Crippen molar-refractivity contribution in [2.45, 2.75) is 25.5 Å². The van der Waals surface area contributed by atoms with Crippen molar-refractivity contribution in [2.24, 2.45) is 0 Å². The van der Waals surface area contributed by atoms with Gasteiger partial charge < -0.3 is 14.8 Å². The van der Waals surface area contributed by atoms with Gasteiger partial charge in [0.1, 0.15) is 5.75 Å². The van der Waals surface area contributed by atoms with Crippen LogP contribution in [0.1, 0.15) is 40.4 Å². The number of nitrogens with zero attached hydrogens (tertiary/aromatic N) is 1. The standard InChI is InChI=1S/C22H28N2O3/c1-26-16-17-8-10-18(11-9-17)22(25)23-15-21(24-12-3-4-13-24)19-6-5-7-20(14-19)27-2/h5-11,14,21H,3-4,12-13,15-16H2,1-2H3,(H,23,25). The molecule has 1 aliphatic heterocycles. The molecule has 144 valence electrons. The van der Waals surface area contributed by atoms with Crippen LogP contribution in [0.25, 0.3) is 0 Å². The Kier molecular flexibility index (Phi) is 6.85. The van der Waals surface area contributed by atoms with Gasteiger partial charge >= 0.3 is 0 Å². The Morgan fingerprint density at radius 3 is 2.52 bits per heavy atom. The first-order valence-corrected chi connectivity index (χ1v) is 9.45. The summed E-state index contributed by atoms with van der Waals surface area (Å²) in [6, 6.07) is 15.8. The Morgan fingerprint density at radius 1 is 1.11 bits per heavy atom. The van der Waals surface area contributed by atoms with Crippen LogP contribution < -0.4 is 10.1 Å². The van der Waals surface area contributed by atoms with Crippen molar-refractivity contribution >= 4 is 5.91 Å². The maximum absolute atomic E-state index is 12.6. The van der Waals surface area contributed by atoms with E-state index in [-0.39, 0.29) is 11.9 Å². The topological polar surface area (TPSA) is 50.8 Å². The highest BCUT2D eigenvalue weighted by Crippen LogP contribution is 2.27. The van der Waals surface area contributed by atoms with Crippen molar-refractivity contribution in [1.82, 2.24) is 10.2 Å². The molecule has 1 amide bonds. The third-order valence-corrected chi connectivity index (χ3v) is 5.04. The molecule has 1 atom stereocenters. The highest BCUT2D eigenvalue weighted by molar-refractivity contribution is 5.94. The summed E-state index contributed by atoms with van der Waals surface area (Å²) in [5, 5.41) is 3.11.